The molecule has 8 nitrogen and oxygen atoms in total. The van der Waals surface area contributed by atoms with Gasteiger partial charge in [-0.1, -0.05) is 36.4 Å². The fourth-order valence-electron chi connectivity index (χ4n) is 2.90. The average Bonchev–Trinajstić information content (AvgIpc) is 2.82. The molecule has 166 valence electrons. The standard InChI is InChI=1S/C24H18BrN3O5/c1-32-22-12-17(11-21(25)23(22)33-15-16-6-3-2-4-7-16)10-18(14-26)24(29)27-19-8-5-9-20(13-19)28(30)31/h2-13H,15H2,1H3,(H,27,29)/b18-10-. The van der Waals surface area contributed by atoms with Gasteiger partial charge in [0, 0.05) is 17.8 Å². The molecule has 0 saturated heterocycles. The van der Waals surface area contributed by atoms with E-state index < -0.39 is 10.8 Å². The third-order valence-electron chi connectivity index (χ3n) is 4.47. The quantitative estimate of drug-likeness (QED) is 0.186. The summed E-state index contributed by atoms with van der Waals surface area (Å²) in [7, 11) is 1.49. The van der Waals surface area contributed by atoms with E-state index in [1.54, 1.807) is 12.1 Å². The zero-order valence-electron chi connectivity index (χ0n) is 17.4. The van der Waals surface area contributed by atoms with Gasteiger partial charge in [0.1, 0.15) is 18.2 Å². The van der Waals surface area contributed by atoms with E-state index in [-0.39, 0.29) is 16.9 Å². The number of hydrogen-bond donors (Lipinski definition) is 1. The normalized spacial score (nSPS) is 10.8. The summed E-state index contributed by atoms with van der Waals surface area (Å²) in [4.78, 5) is 22.9. The fourth-order valence-corrected chi connectivity index (χ4v) is 3.48. The lowest BCUT2D eigenvalue weighted by molar-refractivity contribution is -0.384. The number of nitro groups is 1. The van der Waals surface area contributed by atoms with Gasteiger partial charge in [0.15, 0.2) is 11.5 Å². The number of halogens is 1. The van der Waals surface area contributed by atoms with Gasteiger partial charge in [-0.25, -0.2) is 0 Å². The Morgan fingerprint density at radius 1 is 1.18 bits per heavy atom. The molecule has 33 heavy (non-hydrogen) atoms. The Bertz CT molecular complexity index is 1250. The zero-order valence-corrected chi connectivity index (χ0v) is 19.0. The molecule has 0 saturated carbocycles. The maximum absolute atomic E-state index is 12.6. The first-order valence-electron chi connectivity index (χ1n) is 9.63. The number of non-ortho nitro benzene ring substituents is 1. The van der Waals surface area contributed by atoms with Crippen molar-refractivity contribution >= 4 is 39.3 Å². The Balaban J connectivity index is 1.82. The first-order valence-corrected chi connectivity index (χ1v) is 10.4. The maximum atomic E-state index is 12.6. The Hall–Kier alpha value is -4.16. The molecule has 0 bridgehead atoms. The lowest BCUT2D eigenvalue weighted by Crippen LogP contribution is -2.13. The van der Waals surface area contributed by atoms with Crippen LogP contribution in [0.4, 0.5) is 11.4 Å². The smallest absolute Gasteiger partial charge is 0.271 e. The Kier molecular flexibility index (Phi) is 7.78. The van der Waals surface area contributed by atoms with Crippen LogP contribution < -0.4 is 14.8 Å². The predicted octanol–water partition coefficient (Wildman–Crippen LogP) is 5.49. The summed E-state index contributed by atoms with van der Waals surface area (Å²) in [6, 6.07) is 20.3. The molecule has 9 heteroatoms. The minimum Gasteiger partial charge on any atom is -0.493 e. The molecule has 1 amide bonds. The number of nitro benzene ring substituents is 1. The van der Waals surface area contributed by atoms with Gasteiger partial charge in [-0.2, -0.15) is 5.26 Å². The summed E-state index contributed by atoms with van der Waals surface area (Å²) in [5, 5.41) is 22.9. The summed E-state index contributed by atoms with van der Waals surface area (Å²) >= 11 is 3.45. The molecule has 3 aromatic carbocycles. The molecule has 0 atom stereocenters. The molecule has 0 radical (unpaired) electrons. The SMILES string of the molecule is COc1cc(/C=C(/C#N)C(=O)Nc2cccc([N+](=O)[O-])c2)cc(Br)c1OCc1ccccc1. The fraction of sp³-hybridized carbons (Fsp3) is 0.0833. The highest BCUT2D eigenvalue weighted by atomic mass is 79.9. The molecule has 0 aromatic heterocycles. The van der Waals surface area contributed by atoms with Gasteiger partial charge in [-0.05, 0) is 51.3 Å². The van der Waals surface area contributed by atoms with Crippen molar-refractivity contribution in [2.24, 2.45) is 0 Å². The molecule has 0 heterocycles. The van der Waals surface area contributed by atoms with Crippen LogP contribution in [0.5, 0.6) is 11.5 Å². The number of anilines is 1. The number of nitrogens with zero attached hydrogens (tertiary/aromatic N) is 2. The van der Waals surface area contributed by atoms with Crippen molar-refractivity contribution in [2.75, 3.05) is 12.4 Å². The maximum Gasteiger partial charge on any atom is 0.271 e. The van der Waals surface area contributed by atoms with Gasteiger partial charge in [-0.3, -0.25) is 14.9 Å². The third-order valence-corrected chi connectivity index (χ3v) is 5.06. The first-order chi connectivity index (χ1) is 15.9. The van der Waals surface area contributed by atoms with Crippen LogP contribution in [0.3, 0.4) is 0 Å². The van der Waals surface area contributed by atoms with Crippen LogP contribution in [0.2, 0.25) is 0 Å². The topological polar surface area (TPSA) is 114 Å². The second-order valence-corrected chi connectivity index (χ2v) is 7.59. The van der Waals surface area contributed by atoms with Crippen molar-refractivity contribution in [3.05, 3.63) is 98.0 Å². The van der Waals surface area contributed by atoms with Crippen LogP contribution in [0.15, 0.2) is 76.8 Å². The van der Waals surface area contributed by atoms with Crippen LogP contribution in [-0.2, 0) is 11.4 Å². The molecule has 0 fully saturated rings. The van der Waals surface area contributed by atoms with Crippen molar-refractivity contribution in [3.8, 4) is 17.6 Å². The molecule has 0 aliphatic heterocycles. The second-order valence-electron chi connectivity index (χ2n) is 6.74. The molecule has 1 N–H and O–H groups in total. The highest BCUT2D eigenvalue weighted by Crippen LogP contribution is 2.37. The number of benzene rings is 3. The molecular formula is C24H18BrN3O5. The number of rotatable bonds is 8. The number of amides is 1. The minimum atomic E-state index is -0.697. The van der Waals surface area contributed by atoms with Crippen molar-refractivity contribution in [1.29, 1.82) is 5.26 Å². The van der Waals surface area contributed by atoms with Crippen LogP contribution in [0, 0.1) is 21.4 Å². The lowest BCUT2D eigenvalue weighted by Gasteiger charge is -2.14. The van der Waals surface area contributed by atoms with Crippen LogP contribution in [0.25, 0.3) is 6.08 Å². The predicted molar refractivity (Wildman–Crippen MR) is 127 cm³/mol. The summed E-state index contributed by atoms with van der Waals surface area (Å²) in [5.74, 6) is 0.207. The summed E-state index contributed by atoms with van der Waals surface area (Å²) in [5.41, 5.74) is 1.36. The summed E-state index contributed by atoms with van der Waals surface area (Å²) < 4.78 is 11.9. The Morgan fingerprint density at radius 2 is 1.94 bits per heavy atom. The second kappa shape index (κ2) is 10.9. The van der Waals surface area contributed by atoms with Gasteiger partial charge in [-0.15, -0.1) is 0 Å². The Morgan fingerprint density at radius 3 is 2.61 bits per heavy atom. The van der Waals surface area contributed by atoms with E-state index in [9.17, 15) is 20.2 Å². The van der Waals surface area contributed by atoms with E-state index in [0.717, 1.165) is 5.56 Å². The largest absolute Gasteiger partial charge is 0.493 e. The molecule has 0 aliphatic carbocycles. The highest BCUT2D eigenvalue weighted by Gasteiger charge is 2.15. The number of ether oxygens (including phenoxy) is 2. The van der Waals surface area contributed by atoms with E-state index in [1.165, 1.54) is 37.5 Å². The van der Waals surface area contributed by atoms with Crippen LogP contribution in [-0.4, -0.2) is 17.9 Å². The molecular weight excluding hydrogens is 490 g/mol. The first kappa shape index (κ1) is 23.5. The van der Waals surface area contributed by atoms with Crippen molar-refractivity contribution in [1.82, 2.24) is 0 Å². The summed E-state index contributed by atoms with van der Waals surface area (Å²) in [6.07, 6.45) is 1.39. The van der Waals surface area contributed by atoms with E-state index in [2.05, 4.69) is 21.2 Å². The number of hydrogen-bond acceptors (Lipinski definition) is 6. The van der Waals surface area contributed by atoms with Gasteiger partial charge in [0.25, 0.3) is 11.6 Å². The van der Waals surface area contributed by atoms with E-state index in [4.69, 9.17) is 9.47 Å². The molecule has 3 aromatic rings. The van der Waals surface area contributed by atoms with Gasteiger partial charge >= 0.3 is 0 Å². The van der Waals surface area contributed by atoms with Gasteiger partial charge < -0.3 is 14.8 Å². The summed E-state index contributed by atoms with van der Waals surface area (Å²) in [6.45, 7) is 0.333. The third kappa shape index (κ3) is 6.18. The Labute approximate surface area is 198 Å². The van der Waals surface area contributed by atoms with E-state index >= 15 is 0 Å². The number of methoxy groups -OCH3 is 1. The zero-order chi connectivity index (χ0) is 23.8. The van der Waals surface area contributed by atoms with Gasteiger partial charge in [0.05, 0.1) is 16.5 Å². The van der Waals surface area contributed by atoms with E-state index in [0.29, 0.717) is 28.1 Å². The lowest BCUT2D eigenvalue weighted by atomic mass is 10.1. The molecule has 3 rings (SSSR count). The van der Waals surface area contributed by atoms with Crippen molar-refractivity contribution in [2.45, 2.75) is 6.61 Å². The van der Waals surface area contributed by atoms with E-state index in [1.807, 2.05) is 36.4 Å². The van der Waals surface area contributed by atoms with Crippen LogP contribution >= 0.6 is 15.9 Å². The van der Waals surface area contributed by atoms with Crippen molar-refractivity contribution < 1.29 is 19.2 Å². The van der Waals surface area contributed by atoms with Crippen LogP contribution in [0.1, 0.15) is 11.1 Å². The average molecular weight is 508 g/mol. The molecule has 0 spiro atoms. The monoisotopic (exact) mass is 507 g/mol. The minimum absolute atomic E-state index is 0.171. The molecule has 0 aliphatic rings. The number of nitrogens with one attached hydrogen (secondary N) is 1. The van der Waals surface area contributed by atoms with Gasteiger partial charge in [0.2, 0.25) is 0 Å². The number of carbonyl (C=O) groups is 1. The number of carbonyl (C=O) groups excluding carboxylic acids is 1. The molecule has 0 unspecified atom stereocenters. The highest BCUT2D eigenvalue weighted by molar-refractivity contribution is 9.10. The number of nitriles is 1. The van der Waals surface area contributed by atoms with Crippen molar-refractivity contribution in [3.63, 3.8) is 0 Å².